The van der Waals surface area contributed by atoms with Crippen molar-refractivity contribution >= 4 is 0 Å². The van der Waals surface area contributed by atoms with Crippen LogP contribution in [0.4, 0.5) is 0 Å². The van der Waals surface area contributed by atoms with E-state index in [4.69, 9.17) is 4.74 Å². The molecule has 0 bridgehead atoms. The Kier molecular flexibility index (Phi) is 4.00. The molecule has 0 aromatic heterocycles. The lowest BCUT2D eigenvalue weighted by Gasteiger charge is -2.32. The minimum Gasteiger partial charge on any atom is -0.487 e. The second-order valence-electron chi connectivity index (χ2n) is 7.94. The molecule has 2 heteroatoms. The van der Waals surface area contributed by atoms with Crippen LogP contribution in [0, 0.1) is 11.8 Å². The van der Waals surface area contributed by atoms with Gasteiger partial charge in [0.2, 0.25) is 0 Å². The molecule has 1 aliphatic carbocycles. The van der Waals surface area contributed by atoms with Crippen molar-refractivity contribution in [2.75, 3.05) is 0 Å². The van der Waals surface area contributed by atoms with Crippen LogP contribution >= 0.6 is 0 Å². The maximum atomic E-state index is 6.17. The van der Waals surface area contributed by atoms with E-state index >= 15 is 0 Å². The third-order valence-corrected chi connectivity index (χ3v) is 4.93. The number of nitrogens with one attached hydrogen (secondary N) is 1. The second kappa shape index (κ2) is 5.64. The molecule has 2 nitrogen and oxygen atoms in total. The predicted molar refractivity (Wildman–Crippen MR) is 87.7 cm³/mol. The third-order valence-electron chi connectivity index (χ3n) is 4.93. The standard InChI is InChI=1S/C19H29NO/c1-13-8-14(2)10-17(9-13)20-12-16-7-5-6-15-11-19(3,4)21-18(15)16/h5-7,13-14,17,20H,8-12H2,1-4H3. The van der Waals surface area contributed by atoms with Gasteiger partial charge < -0.3 is 10.1 Å². The van der Waals surface area contributed by atoms with Gasteiger partial charge >= 0.3 is 0 Å². The monoisotopic (exact) mass is 287 g/mol. The maximum Gasteiger partial charge on any atom is 0.127 e. The van der Waals surface area contributed by atoms with E-state index in [0.717, 1.165) is 30.6 Å². The lowest BCUT2D eigenvalue weighted by molar-refractivity contribution is 0.137. The van der Waals surface area contributed by atoms with Crippen LogP contribution in [-0.2, 0) is 13.0 Å². The van der Waals surface area contributed by atoms with Gasteiger partial charge in [0.25, 0.3) is 0 Å². The first-order valence-corrected chi connectivity index (χ1v) is 8.46. The van der Waals surface area contributed by atoms with Crippen LogP contribution in [0.1, 0.15) is 58.1 Å². The Labute approximate surface area is 129 Å². The average Bonchev–Trinajstić information content (AvgIpc) is 2.69. The van der Waals surface area contributed by atoms with Crippen molar-refractivity contribution in [2.45, 2.75) is 71.6 Å². The van der Waals surface area contributed by atoms with E-state index in [1.54, 1.807) is 0 Å². The Morgan fingerprint density at radius 2 is 1.86 bits per heavy atom. The molecule has 2 atom stereocenters. The number of ether oxygens (including phenoxy) is 1. The zero-order valence-electron chi connectivity index (χ0n) is 13.9. The zero-order valence-corrected chi connectivity index (χ0v) is 13.9. The van der Waals surface area contributed by atoms with Gasteiger partial charge in [-0.2, -0.15) is 0 Å². The molecule has 116 valence electrons. The van der Waals surface area contributed by atoms with Crippen molar-refractivity contribution < 1.29 is 4.74 Å². The topological polar surface area (TPSA) is 21.3 Å². The first kappa shape index (κ1) is 14.9. The van der Waals surface area contributed by atoms with Crippen molar-refractivity contribution in [3.05, 3.63) is 29.3 Å². The van der Waals surface area contributed by atoms with Crippen LogP contribution in [0.2, 0.25) is 0 Å². The number of hydrogen-bond donors (Lipinski definition) is 1. The van der Waals surface area contributed by atoms with Gasteiger partial charge in [-0.1, -0.05) is 32.0 Å². The number of para-hydroxylation sites is 1. The van der Waals surface area contributed by atoms with E-state index in [1.807, 2.05) is 0 Å². The largest absolute Gasteiger partial charge is 0.487 e. The molecule has 0 radical (unpaired) electrons. The maximum absolute atomic E-state index is 6.17. The molecule has 1 aromatic carbocycles. The molecule has 1 aromatic rings. The van der Waals surface area contributed by atoms with Gasteiger partial charge in [-0.3, -0.25) is 0 Å². The summed E-state index contributed by atoms with van der Waals surface area (Å²) in [6.07, 6.45) is 5.03. The summed E-state index contributed by atoms with van der Waals surface area (Å²) >= 11 is 0. The van der Waals surface area contributed by atoms with Gasteiger partial charge in [0.05, 0.1) is 0 Å². The molecule has 2 aliphatic rings. The Morgan fingerprint density at radius 3 is 2.57 bits per heavy atom. The highest BCUT2D eigenvalue weighted by atomic mass is 16.5. The molecule has 3 rings (SSSR count). The fourth-order valence-electron chi connectivity index (χ4n) is 4.19. The van der Waals surface area contributed by atoms with E-state index in [-0.39, 0.29) is 5.60 Å². The fraction of sp³-hybridized carbons (Fsp3) is 0.684. The molecule has 1 N–H and O–H groups in total. The number of fused-ring (bicyclic) bond motifs is 1. The van der Waals surface area contributed by atoms with E-state index in [1.165, 1.54) is 30.4 Å². The summed E-state index contributed by atoms with van der Waals surface area (Å²) in [7, 11) is 0. The van der Waals surface area contributed by atoms with Gasteiger partial charge in [0.1, 0.15) is 11.4 Å². The highest BCUT2D eigenvalue weighted by Crippen LogP contribution is 2.37. The molecule has 2 unspecified atom stereocenters. The quantitative estimate of drug-likeness (QED) is 0.894. The molecule has 1 aliphatic heterocycles. The predicted octanol–water partition coefficient (Wildman–Crippen LogP) is 4.31. The van der Waals surface area contributed by atoms with Gasteiger partial charge in [0.15, 0.2) is 0 Å². The minimum absolute atomic E-state index is 0.0493. The summed E-state index contributed by atoms with van der Waals surface area (Å²) in [4.78, 5) is 0. The van der Waals surface area contributed by atoms with Crippen molar-refractivity contribution in [2.24, 2.45) is 11.8 Å². The molecular weight excluding hydrogens is 258 g/mol. The minimum atomic E-state index is -0.0493. The Bertz CT molecular complexity index is 498. The number of hydrogen-bond acceptors (Lipinski definition) is 2. The van der Waals surface area contributed by atoms with E-state index in [0.29, 0.717) is 6.04 Å². The first-order chi connectivity index (χ1) is 9.93. The molecule has 0 saturated heterocycles. The zero-order chi connectivity index (χ0) is 15.0. The average molecular weight is 287 g/mol. The molecule has 0 spiro atoms. The van der Waals surface area contributed by atoms with Gasteiger partial charge in [0, 0.05) is 24.6 Å². The first-order valence-electron chi connectivity index (χ1n) is 8.46. The van der Waals surface area contributed by atoms with Crippen molar-refractivity contribution in [1.29, 1.82) is 0 Å². The van der Waals surface area contributed by atoms with E-state index in [2.05, 4.69) is 51.2 Å². The normalized spacial score (nSPS) is 30.8. The highest BCUT2D eigenvalue weighted by molar-refractivity contribution is 5.45. The van der Waals surface area contributed by atoms with Crippen LogP contribution in [0.3, 0.4) is 0 Å². The van der Waals surface area contributed by atoms with Crippen molar-refractivity contribution in [1.82, 2.24) is 5.32 Å². The fourth-order valence-corrected chi connectivity index (χ4v) is 4.19. The summed E-state index contributed by atoms with van der Waals surface area (Å²) < 4.78 is 6.17. The molecule has 1 heterocycles. The number of rotatable bonds is 3. The lowest BCUT2D eigenvalue weighted by atomic mass is 9.80. The molecule has 1 saturated carbocycles. The van der Waals surface area contributed by atoms with Crippen molar-refractivity contribution in [3.63, 3.8) is 0 Å². The SMILES string of the molecule is CC1CC(C)CC(NCc2cccc3c2OC(C)(C)C3)C1. The van der Waals surface area contributed by atoms with E-state index < -0.39 is 0 Å². The Morgan fingerprint density at radius 1 is 1.14 bits per heavy atom. The molecule has 1 fully saturated rings. The van der Waals surface area contributed by atoms with Crippen LogP contribution in [-0.4, -0.2) is 11.6 Å². The number of benzene rings is 1. The van der Waals surface area contributed by atoms with Gasteiger partial charge in [-0.25, -0.2) is 0 Å². The van der Waals surface area contributed by atoms with Crippen molar-refractivity contribution in [3.8, 4) is 5.75 Å². The van der Waals surface area contributed by atoms with Gasteiger partial charge in [-0.15, -0.1) is 0 Å². The van der Waals surface area contributed by atoms with Crippen LogP contribution in [0.15, 0.2) is 18.2 Å². The van der Waals surface area contributed by atoms with Crippen LogP contribution in [0.25, 0.3) is 0 Å². The summed E-state index contributed by atoms with van der Waals surface area (Å²) in [5.41, 5.74) is 2.64. The summed E-state index contributed by atoms with van der Waals surface area (Å²) in [6.45, 7) is 10.1. The molecular formula is C19H29NO. The highest BCUT2D eigenvalue weighted by Gasteiger charge is 2.31. The Balaban J connectivity index is 1.66. The Hall–Kier alpha value is -1.02. The molecule has 21 heavy (non-hydrogen) atoms. The van der Waals surface area contributed by atoms with Gasteiger partial charge in [-0.05, 0) is 50.5 Å². The summed E-state index contributed by atoms with van der Waals surface area (Å²) in [6, 6.07) is 7.25. The van der Waals surface area contributed by atoms with Crippen LogP contribution < -0.4 is 10.1 Å². The van der Waals surface area contributed by atoms with Crippen LogP contribution in [0.5, 0.6) is 5.75 Å². The lowest BCUT2D eigenvalue weighted by Crippen LogP contribution is -2.36. The third kappa shape index (κ3) is 3.42. The smallest absolute Gasteiger partial charge is 0.127 e. The second-order valence-corrected chi connectivity index (χ2v) is 7.94. The van der Waals surface area contributed by atoms with E-state index in [9.17, 15) is 0 Å². The summed E-state index contributed by atoms with van der Waals surface area (Å²) in [5.74, 6) is 2.83. The molecule has 0 amide bonds. The summed E-state index contributed by atoms with van der Waals surface area (Å²) in [5, 5.41) is 3.78.